The van der Waals surface area contributed by atoms with Gasteiger partial charge in [0.25, 0.3) is 0 Å². The van der Waals surface area contributed by atoms with Crippen molar-refractivity contribution >= 4 is 29.3 Å². The molecule has 0 unspecified atom stereocenters. The molecular weight excluding hydrogens is 416 g/mol. The Morgan fingerprint density at radius 3 is 2.81 bits per heavy atom. The predicted octanol–water partition coefficient (Wildman–Crippen LogP) is 4.21. The van der Waals surface area contributed by atoms with Crippen molar-refractivity contribution in [3.63, 3.8) is 0 Å². The van der Waals surface area contributed by atoms with E-state index in [0.717, 1.165) is 11.1 Å². The third-order valence-corrected chi connectivity index (χ3v) is 5.61. The van der Waals surface area contributed by atoms with Crippen molar-refractivity contribution < 1.29 is 23.8 Å². The van der Waals surface area contributed by atoms with Crippen LogP contribution in [0.15, 0.2) is 65.8 Å². The van der Waals surface area contributed by atoms with Crippen LogP contribution < -0.4 is 14.8 Å². The maximum absolute atomic E-state index is 12.6. The molecule has 1 amide bonds. The quantitative estimate of drug-likeness (QED) is 0.439. The Kier molecular flexibility index (Phi) is 6.37. The van der Waals surface area contributed by atoms with Crippen molar-refractivity contribution in [3.8, 4) is 11.5 Å². The van der Waals surface area contributed by atoms with Gasteiger partial charge in [0.2, 0.25) is 12.7 Å². The Morgan fingerprint density at radius 1 is 1.10 bits per heavy atom. The van der Waals surface area contributed by atoms with E-state index < -0.39 is 5.97 Å². The molecule has 0 atom stereocenters. The Hall–Kier alpha value is -3.52. The molecule has 0 aliphatic carbocycles. The zero-order valence-corrected chi connectivity index (χ0v) is 17.6. The molecule has 0 saturated heterocycles. The molecule has 3 aromatic rings. The van der Waals surface area contributed by atoms with Gasteiger partial charge >= 0.3 is 5.97 Å². The summed E-state index contributed by atoms with van der Waals surface area (Å²) in [5.74, 6) is 0.621. The Labute approximate surface area is 183 Å². The first-order valence-corrected chi connectivity index (χ1v) is 10.6. The maximum Gasteiger partial charge on any atom is 0.341 e. The molecule has 1 aromatic heterocycles. The van der Waals surface area contributed by atoms with Gasteiger partial charge in [-0.3, -0.25) is 4.79 Å². The predicted molar refractivity (Wildman–Crippen MR) is 116 cm³/mol. The lowest BCUT2D eigenvalue weighted by Crippen LogP contribution is -2.15. The third kappa shape index (κ3) is 5.16. The number of nitrogens with zero attached hydrogens (tertiary/aromatic N) is 1. The van der Waals surface area contributed by atoms with Crippen LogP contribution in [0.4, 0.5) is 5.69 Å². The zero-order valence-electron chi connectivity index (χ0n) is 16.8. The molecule has 1 aliphatic heterocycles. The summed E-state index contributed by atoms with van der Waals surface area (Å²) in [6.45, 7) is 2.31. The third-order valence-electron chi connectivity index (χ3n) is 4.61. The van der Waals surface area contributed by atoms with E-state index >= 15 is 0 Å². The second-order valence-corrected chi connectivity index (χ2v) is 7.73. The number of benzene rings is 2. The fraction of sp³-hybridized carbons (Fsp3) is 0.174. The van der Waals surface area contributed by atoms with Crippen molar-refractivity contribution in [1.82, 2.24) is 4.98 Å². The van der Waals surface area contributed by atoms with Crippen LogP contribution >= 0.6 is 11.8 Å². The molecule has 0 radical (unpaired) electrons. The number of nitrogens with one attached hydrogen (secondary N) is 1. The van der Waals surface area contributed by atoms with Gasteiger partial charge in [-0.2, -0.15) is 0 Å². The van der Waals surface area contributed by atoms with E-state index in [-0.39, 0.29) is 25.1 Å². The number of hydrogen-bond donors (Lipinski definition) is 1. The molecule has 2 aromatic carbocycles. The number of aryl methyl sites for hydroxylation is 1. The normalized spacial score (nSPS) is 11.8. The molecule has 1 aliphatic rings. The Bertz CT molecular complexity index is 1120. The number of anilines is 1. The van der Waals surface area contributed by atoms with Crippen LogP contribution in [0, 0.1) is 6.92 Å². The number of thioether (sulfide) groups is 1. The zero-order chi connectivity index (χ0) is 21.6. The molecule has 0 spiro atoms. The van der Waals surface area contributed by atoms with Crippen molar-refractivity contribution in [3.05, 3.63) is 77.5 Å². The number of ether oxygens (including phenoxy) is 3. The van der Waals surface area contributed by atoms with Crippen LogP contribution in [0.5, 0.6) is 11.5 Å². The number of esters is 1. The molecule has 31 heavy (non-hydrogen) atoms. The minimum atomic E-state index is -0.477. The topological polar surface area (TPSA) is 86.8 Å². The van der Waals surface area contributed by atoms with Crippen LogP contribution in [0.2, 0.25) is 0 Å². The number of carbonyl (C=O) groups excluding carboxylic acids is 2. The van der Waals surface area contributed by atoms with Gasteiger partial charge < -0.3 is 19.5 Å². The summed E-state index contributed by atoms with van der Waals surface area (Å²) in [7, 11) is 0. The minimum absolute atomic E-state index is 0.0868. The molecule has 0 fully saturated rings. The van der Waals surface area contributed by atoms with E-state index in [0.29, 0.717) is 27.8 Å². The maximum atomic E-state index is 12.6. The van der Waals surface area contributed by atoms with Crippen LogP contribution in [0.3, 0.4) is 0 Å². The van der Waals surface area contributed by atoms with Crippen molar-refractivity contribution in [1.29, 1.82) is 0 Å². The van der Waals surface area contributed by atoms with Gasteiger partial charge in [-0.1, -0.05) is 36.0 Å². The first-order chi connectivity index (χ1) is 15.1. The fourth-order valence-electron chi connectivity index (χ4n) is 2.96. The highest BCUT2D eigenvalue weighted by Gasteiger charge is 2.17. The highest BCUT2D eigenvalue weighted by Crippen LogP contribution is 2.34. The first-order valence-electron chi connectivity index (χ1n) is 9.59. The van der Waals surface area contributed by atoms with E-state index in [1.54, 1.807) is 36.5 Å². The van der Waals surface area contributed by atoms with E-state index in [1.165, 1.54) is 11.8 Å². The largest absolute Gasteiger partial charge is 0.457 e. The first kappa shape index (κ1) is 20.7. The lowest BCUT2D eigenvalue weighted by molar-refractivity contribution is -0.113. The van der Waals surface area contributed by atoms with Crippen LogP contribution in [0.1, 0.15) is 21.5 Å². The van der Waals surface area contributed by atoms with Gasteiger partial charge in [-0.25, -0.2) is 9.78 Å². The van der Waals surface area contributed by atoms with Crippen LogP contribution in [0.25, 0.3) is 0 Å². The molecular formula is C23H20N2O5S. The molecule has 0 saturated carbocycles. The van der Waals surface area contributed by atoms with Crippen LogP contribution in [-0.2, 0) is 16.1 Å². The second-order valence-electron chi connectivity index (χ2n) is 6.76. The van der Waals surface area contributed by atoms with E-state index in [1.807, 2.05) is 31.2 Å². The van der Waals surface area contributed by atoms with Gasteiger partial charge in [0.1, 0.15) is 11.6 Å². The molecule has 2 heterocycles. The van der Waals surface area contributed by atoms with Gasteiger partial charge in [-0.05, 0) is 42.3 Å². The van der Waals surface area contributed by atoms with Gasteiger partial charge in [0.15, 0.2) is 11.5 Å². The van der Waals surface area contributed by atoms with Crippen molar-refractivity contribution in [2.45, 2.75) is 18.6 Å². The smallest absolute Gasteiger partial charge is 0.341 e. The average Bonchev–Trinajstić information content (AvgIpc) is 3.25. The molecule has 1 N–H and O–H groups in total. The fourth-order valence-corrected chi connectivity index (χ4v) is 3.74. The second kappa shape index (κ2) is 9.53. The number of fused-ring (bicyclic) bond motifs is 1. The molecule has 7 nitrogen and oxygen atoms in total. The van der Waals surface area contributed by atoms with E-state index in [2.05, 4.69) is 10.3 Å². The summed E-state index contributed by atoms with van der Waals surface area (Å²) in [6.07, 6.45) is 1.58. The number of hydrogen-bond acceptors (Lipinski definition) is 7. The van der Waals surface area contributed by atoms with Gasteiger partial charge in [0, 0.05) is 18.0 Å². The summed E-state index contributed by atoms with van der Waals surface area (Å²) >= 11 is 1.17. The van der Waals surface area contributed by atoms with Gasteiger partial charge in [0.05, 0.1) is 11.3 Å². The van der Waals surface area contributed by atoms with E-state index in [9.17, 15) is 9.59 Å². The van der Waals surface area contributed by atoms with Crippen LogP contribution in [-0.4, -0.2) is 29.4 Å². The number of rotatable bonds is 7. The Morgan fingerprint density at radius 2 is 1.94 bits per heavy atom. The highest BCUT2D eigenvalue weighted by atomic mass is 32.2. The highest BCUT2D eigenvalue weighted by molar-refractivity contribution is 8.00. The monoisotopic (exact) mass is 436 g/mol. The average molecular weight is 436 g/mol. The summed E-state index contributed by atoms with van der Waals surface area (Å²) in [5.41, 5.74) is 2.93. The summed E-state index contributed by atoms with van der Waals surface area (Å²) in [6, 6.07) is 16.2. The van der Waals surface area contributed by atoms with E-state index in [4.69, 9.17) is 14.2 Å². The van der Waals surface area contributed by atoms with Gasteiger partial charge in [-0.15, -0.1) is 0 Å². The number of aromatic nitrogens is 1. The number of carbonyl (C=O) groups is 2. The SMILES string of the molecule is Cc1ccccc1COC(=O)c1cccnc1SCC(=O)Nc1ccc2c(c1)OCO2. The summed E-state index contributed by atoms with van der Waals surface area (Å²) in [4.78, 5) is 29.2. The molecule has 0 bridgehead atoms. The van der Waals surface area contributed by atoms with Crippen molar-refractivity contribution in [2.75, 3.05) is 17.9 Å². The standard InChI is InChI=1S/C23H20N2O5S/c1-15-5-2-3-6-16(15)12-28-23(27)18-7-4-10-24-22(18)31-13-21(26)25-17-8-9-19-20(11-17)30-14-29-19/h2-11H,12-14H2,1H3,(H,25,26). The lowest BCUT2D eigenvalue weighted by atomic mass is 10.1. The van der Waals surface area contributed by atoms with Crippen molar-refractivity contribution in [2.24, 2.45) is 0 Å². The number of pyridine rings is 1. The molecule has 4 rings (SSSR count). The summed E-state index contributed by atoms with van der Waals surface area (Å²) in [5, 5.41) is 3.25. The lowest BCUT2D eigenvalue weighted by Gasteiger charge is -2.10. The summed E-state index contributed by atoms with van der Waals surface area (Å²) < 4.78 is 16.0. The Balaban J connectivity index is 1.35. The molecule has 8 heteroatoms. The minimum Gasteiger partial charge on any atom is -0.457 e. The molecule has 158 valence electrons. The number of amides is 1.